The number of hydrogen-bond acceptors (Lipinski definition) is 3. The summed E-state index contributed by atoms with van der Waals surface area (Å²) in [5.74, 6) is 1.15. The van der Waals surface area contributed by atoms with Crippen LogP contribution in [0.1, 0.15) is 5.69 Å². The molecular formula is C15H11N4O+. The number of rotatable bonds is 0. The van der Waals surface area contributed by atoms with E-state index in [2.05, 4.69) is 31.2 Å². The molecule has 0 unspecified atom stereocenters. The second-order valence-corrected chi connectivity index (χ2v) is 5.08. The number of nitrogens with zero attached hydrogens (tertiary/aromatic N) is 4. The molecule has 0 saturated heterocycles. The zero-order valence-electron chi connectivity index (χ0n) is 10.9. The maximum atomic E-state index is 5.91. The normalized spacial score (nSPS) is 13.1. The van der Waals surface area contributed by atoms with Gasteiger partial charge in [0.2, 0.25) is 11.2 Å². The number of hydrogen-bond donors (Lipinski definition) is 0. The lowest BCUT2D eigenvalue weighted by molar-refractivity contribution is -0.640. The van der Waals surface area contributed by atoms with E-state index in [4.69, 9.17) is 4.42 Å². The van der Waals surface area contributed by atoms with Crippen molar-refractivity contribution < 1.29 is 8.98 Å². The number of aromatic nitrogens is 4. The predicted molar refractivity (Wildman–Crippen MR) is 73.0 cm³/mol. The Bertz CT molecular complexity index is 996. The van der Waals surface area contributed by atoms with Crippen LogP contribution in [0.4, 0.5) is 0 Å². The van der Waals surface area contributed by atoms with Gasteiger partial charge in [0, 0.05) is 12.4 Å². The monoisotopic (exact) mass is 263 g/mol. The fraction of sp³-hybridized carbons (Fsp3) is 0.133. The first-order chi connectivity index (χ1) is 9.84. The molecule has 5 nitrogen and oxygen atoms in total. The van der Waals surface area contributed by atoms with E-state index in [1.807, 2.05) is 25.4 Å². The lowest BCUT2D eigenvalue weighted by atomic mass is 10.2. The third-order valence-corrected chi connectivity index (χ3v) is 4.01. The minimum absolute atomic E-state index is 0.687. The quantitative estimate of drug-likeness (QED) is 0.402. The van der Waals surface area contributed by atoms with Gasteiger partial charge in [-0.1, -0.05) is 0 Å². The predicted octanol–water partition coefficient (Wildman–Crippen LogP) is 2.03. The molecule has 0 aromatic carbocycles. The van der Waals surface area contributed by atoms with Crippen LogP contribution >= 0.6 is 0 Å². The van der Waals surface area contributed by atoms with Gasteiger partial charge in [0.25, 0.3) is 5.82 Å². The Labute approximate surface area is 114 Å². The third-order valence-electron chi connectivity index (χ3n) is 4.01. The zero-order valence-corrected chi connectivity index (χ0v) is 10.9. The summed E-state index contributed by atoms with van der Waals surface area (Å²) in [6.45, 7) is 0.784. The summed E-state index contributed by atoms with van der Waals surface area (Å²) in [6.07, 6.45) is 3.60. The van der Waals surface area contributed by atoms with Crippen LogP contribution in [-0.4, -0.2) is 14.5 Å². The Morgan fingerprint density at radius 2 is 2.05 bits per heavy atom. The average Bonchev–Trinajstić information content (AvgIpc) is 3.10. The number of fused-ring (bicyclic) bond motifs is 7. The van der Waals surface area contributed by atoms with Crippen LogP contribution in [0.25, 0.3) is 33.7 Å². The largest absolute Gasteiger partial charge is 0.400 e. The molecule has 0 aliphatic carbocycles. The minimum atomic E-state index is 0.687. The molecule has 4 aromatic heterocycles. The summed E-state index contributed by atoms with van der Waals surface area (Å²) >= 11 is 0. The second-order valence-electron chi connectivity index (χ2n) is 5.08. The van der Waals surface area contributed by atoms with Crippen LogP contribution in [0.5, 0.6) is 0 Å². The summed E-state index contributed by atoms with van der Waals surface area (Å²) in [4.78, 5) is 8.78. The van der Waals surface area contributed by atoms with Crippen molar-refractivity contribution in [3.05, 3.63) is 42.4 Å². The molecule has 5 rings (SSSR count). The number of furan rings is 1. The SMILES string of the molecule is C[n+]1c2n(c3c4cccnc4oc31)Cc1ncccc1-2. The Morgan fingerprint density at radius 1 is 1.20 bits per heavy atom. The molecule has 96 valence electrons. The molecule has 1 aliphatic rings. The molecule has 4 aromatic rings. The molecule has 20 heavy (non-hydrogen) atoms. The van der Waals surface area contributed by atoms with E-state index < -0.39 is 0 Å². The van der Waals surface area contributed by atoms with Crippen LogP contribution in [0.2, 0.25) is 0 Å². The zero-order chi connectivity index (χ0) is 13.3. The van der Waals surface area contributed by atoms with Crippen LogP contribution < -0.4 is 4.57 Å². The first-order valence-electron chi connectivity index (χ1n) is 6.54. The average molecular weight is 263 g/mol. The fourth-order valence-electron chi connectivity index (χ4n) is 3.18. The van der Waals surface area contributed by atoms with Gasteiger partial charge < -0.3 is 4.42 Å². The summed E-state index contributed by atoms with van der Waals surface area (Å²) < 4.78 is 10.3. The lowest BCUT2D eigenvalue weighted by Crippen LogP contribution is -2.29. The van der Waals surface area contributed by atoms with E-state index in [0.29, 0.717) is 5.71 Å². The van der Waals surface area contributed by atoms with Crippen LogP contribution in [0, 0.1) is 0 Å². The molecule has 0 atom stereocenters. The topological polar surface area (TPSA) is 47.7 Å². The summed E-state index contributed by atoms with van der Waals surface area (Å²) in [5, 5.41) is 1.05. The second kappa shape index (κ2) is 3.25. The van der Waals surface area contributed by atoms with Crippen molar-refractivity contribution in [2.45, 2.75) is 6.54 Å². The smallest absolute Gasteiger partial charge is 0.340 e. The summed E-state index contributed by atoms with van der Waals surface area (Å²) in [7, 11) is 2.03. The third kappa shape index (κ3) is 1.02. The summed E-state index contributed by atoms with van der Waals surface area (Å²) in [6, 6.07) is 8.08. The molecule has 0 saturated carbocycles. The molecule has 0 radical (unpaired) electrons. The van der Waals surface area contributed by atoms with Gasteiger partial charge in [0.05, 0.1) is 23.7 Å². The highest BCUT2D eigenvalue weighted by Gasteiger charge is 2.36. The number of imidazole rings is 1. The highest BCUT2D eigenvalue weighted by atomic mass is 16.4. The molecule has 5 heterocycles. The minimum Gasteiger partial charge on any atom is -0.400 e. The standard InChI is InChI=1S/C15H11N4O/c1-18-14-9-4-2-6-16-11(9)8-19(14)12-10-5-3-7-17-13(10)20-15(12)18/h2-7H,8H2,1H3/q+1. The molecular weight excluding hydrogens is 252 g/mol. The highest BCUT2D eigenvalue weighted by Crippen LogP contribution is 2.35. The van der Waals surface area contributed by atoms with Crippen molar-refractivity contribution in [3.63, 3.8) is 0 Å². The maximum absolute atomic E-state index is 5.91. The molecule has 0 amide bonds. The van der Waals surface area contributed by atoms with Gasteiger partial charge in [0.1, 0.15) is 6.54 Å². The van der Waals surface area contributed by atoms with E-state index in [1.54, 1.807) is 6.20 Å². The Hall–Kier alpha value is -2.69. The van der Waals surface area contributed by atoms with Crippen molar-refractivity contribution in [2.24, 2.45) is 7.05 Å². The van der Waals surface area contributed by atoms with Crippen molar-refractivity contribution in [2.75, 3.05) is 0 Å². The highest BCUT2D eigenvalue weighted by molar-refractivity contribution is 6.00. The Morgan fingerprint density at radius 3 is 3.00 bits per heavy atom. The van der Waals surface area contributed by atoms with Crippen LogP contribution in [-0.2, 0) is 13.6 Å². The summed E-state index contributed by atoms with van der Waals surface area (Å²) in [5.41, 5.74) is 4.94. The van der Waals surface area contributed by atoms with E-state index in [9.17, 15) is 0 Å². The van der Waals surface area contributed by atoms with Crippen molar-refractivity contribution in [3.8, 4) is 11.4 Å². The van der Waals surface area contributed by atoms with E-state index in [-0.39, 0.29) is 0 Å². The first-order valence-corrected chi connectivity index (χ1v) is 6.54. The molecule has 0 fully saturated rings. The van der Waals surface area contributed by atoms with Gasteiger partial charge in [-0.3, -0.25) is 4.98 Å². The van der Waals surface area contributed by atoms with Crippen molar-refractivity contribution in [1.82, 2.24) is 14.5 Å². The molecule has 1 aliphatic heterocycles. The molecule has 0 spiro atoms. The molecule has 5 heteroatoms. The maximum Gasteiger partial charge on any atom is 0.340 e. The van der Waals surface area contributed by atoms with Crippen molar-refractivity contribution >= 4 is 22.3 Å². The molecule has 0 bridgehead atoms. The van der Waals surface area contributed by atoms with Gasteiger partial charge in [-0.2, -0.15) is 4.57 Å². The van der Waals surface area contributed by atoms with E-state index >= 15 is 0 Å². The van der Waals surface area contributed by atoms with Gasteiger partial charge in [-0.25, -0.2) is 9.55 Å². The van der Waals surface area contributed by atoms with Gasteiger partial charge in [0.15, 0.2) is 0 Å². The lowest BCUT2D eigenvalue weighted by Gasteiger charge is -1.93. The first kappa shape index (κ1) is 10.1. The Balaban J connectivity index is 1.99. The number of pyridine rings is 2. The van der Waals surface area contributed by atoms with Gasteiger partial charge in [-0.05, 0) is 24.3 Å². The fourth-order valence-corrected chi connectivity index (χ4v) is 3.18. The van der Waals surface area contributed by atoms with Crippen molar-refractivity contribution in [1.29, 1.82) is 0 Å². The van der Waals surface area contributed by atoms with E-state index in [0.717, 1.165) is 34.7 Å². The van der Waals surface area contributed by atoms with Crippen LogP contribution in [0.15, 0.2) is 41.1 Å². The van der Waals surface area contributed by atoms with Crippen LogP contribution in [0.3, 0.4) is 0 Å². The van der Waals surface area contributed by atoms with Gasteiger partial charge in [-0.15, -0.1) is 0 Å². The van der Waals surface area contributed by atoms with Gasteiger partial charge >= 0.3 is 5.71 Å². The van der Waals surface area contributed by atoms with E-state index in [1.165, 1.54) is 5.56 Å². The number of aryl methyl sites for hydroxylation is 1. The molecule has 0 N–H and O–H groups in total. The Kier molecular flexibility index (Phi) is 1.65.